The Labute approximate surface area is 203 Å². The minimum absolute atomic E-state index is 0.0616. The zero-order valence-corrected chi connectivity index (χ0v) is 20.6. The first-order chi connectivity index (χ1) is 16.5. The zero-order valence-electron chi connectivity index (χ0n) is 20.6. The lowest BCUT2D eigenvalue weighted by Crippen LogP contribution is -2.41. The fraction of sp³-hybridized carbons (Fsp3) is 0.714. The van der Waals surface area contributed by atoms with Gasteiger partial charge in [-0.05, 0) is 119 Å². The summed E-state index contributed by atoms with van der Waals surface area (Å²) in [5.41, 5.74) is 0.631. The number of hydrogen-bond donors (Lipinski definition) is 1. The summed E-state index contributed by atoms with van der Waals surface area (Å²) in [5, 5.41) is 3.29. The number of benzene rings is 1. The van der Waals surface area contributed by atoms with E-state index in [0.717, 1.165) is 70.7 Å². The van der Waals surface area contributed by atoms with Gasteiger partial charge in [0.25, 0.3) is 0 Å². The van der Waals surface area contributed by atoms with Gasteiger partial charge in [0.1, 0.15) is 5.82 Å². The van der Waals surface area contributed by atoms with Crippen LogP contribution in [0.3, 0.4) is 0 Å². The highest BCUT2D eigenvalue weighted by Crippen LogP contribution is 2.36. The Morgan fingerprint density at radius 2 is 1.65 bits per heavy atom. The maximum atomic E-state index is 13.1. The molecule has 2 saturated carbocycles. The van der Waals surface area contributed by atoms with Crippen LogP contribution in [0, 0.1) is 29.5 Å². The molecule has 5 nitrogen and oxygen atoms in total. The van der Waals surface area contributed by atoms with Crippen LogP contribution in [0.1, 0.15) is 74.6 Å². The Balaban J connectivity index is 1.07. The number of carbonyl (C=O) groups excluding carboxylic acids is 2. The Hall–Kier alpha value is -1.79. The molecule has 0 aromatic heterocycles. The van der Waals surface area contributed by atoms with E-state index < -0.39 is 0 Å². The maximum Gasteiger partial charge on any atom is 0.220 e. The van der Waals surface area contributed by atoms with Crippen molar-refractivity contribution in [3.63, 3.8) is 0 Å². The number of Topliss-reactive ketones (excluding diaryl/α,β-unsaturated/α-hetero) is 1. The van der Waals surface area contributed by atoms with E-state index in [1.165, 1.54) is 31.4 Å². The van der Waals surface area contributed by atoms with E-state index in [0.29, 0.717) is 29.9 Å². The van der Waals surface area contributed by atoms with Gasteiger partial charge in [0, 0.05) is 37.7 Å². The first-order valence-corrected chi connectivity index (χ1v) is 13.3. The van der Waals surface area contributed by atoms with Crippen molar-refractivity contribution in [3.8, 4) is 0 Å². The molecule has 1 amide bonds. The van der Waals surface area contributed by atoms with Gasteiger partial charge < -0.3 is 15.0 Å². The Morgan fingerprint density at radius 3 is 2.29 bits per heavy atom. The quantitative estimate of drug-likeness (QED) is 0.495. The van der Waals surface area contributed by atoms with E-state index in [1.807, 2.05) is 0 Å². The van der Waals surface area contributed by atoms with Crippen molar-refractivity contribution in [2.45, 2.75) is 70.3 Å². The summed E-state index contributed by atoms with van der Waals surface area (Å²) in [4.78, 5) is 27.6. The number of hydrogen-bond acceptors (Lipinski definition) is 4. The van der Waals surface area contributed by atoms with Gasteiger partial charge in [-0.1, -0.05) is 0 Å². The van der Waals surface area contributed by atoms with Gasteiger partial charge in [-0.15, -0.1) is 0 Å². The highest BCUT2D eigenvalue weighted by molar-refractivity contribution is 5.97. The van der Waals surface area contributed by atoms with Crippen LogP contribution < -0.4 is 5.32 Å². The van der Waals surface area contributed by atoms with Gasteiger partial charge >= 0.3 is 0 Å². The molecule has 0 spiro atoms. The molecule has 6 heteroatoms. The molecule has 1 aromatic rings. The second-order valence-corrected chi connectivity index (χ2v) is 10.9. The summed E-state index contributed by atoms with van der Waals surface area (Å²) in [6.45, 7) is 3.86. The number of rotatable bonds is 10. The number of ketones is 1. The lowest BCUT2D eigenvalue weighted by molar-refractivity contribution is -0.124. The molecule has 1 saturated heterocycles. The third kappa shape index (κ3) is 7.11. The topological polar surface area (TPSA) is 58.6 Å². The predicted octanol–water partition coefficient (Wildman–Crippen LogP) is 4.85. The van der Waals surface area contributed by atoms with Gasteiger partial charge in [0.2, 0.25) is 5.91 Å². The fourth-order valence-electron chi connectivity index (χ4n) is 6.19. The van der Waals surface area contributed by atoms with E-state index in [2.05, 4.69) is 10.2 Å². The molecule has 4 rings (SSSR count). The lowest BCUT2D eigenvalue weighted by Gasteiger charge is -2.36. The number of nitrogens with one attached hydrogen (secondary N) is 1. The molecule has 1 heterocycles. The minimum Gasteiger partial charge on any atom is -0.384 e. The second-order valence-electron chi connectivity index (χ2n) is 10.9. The van der Waals surface area contributed by atoms with Crippen molar-refractivity contribution < 1.29 is 18.7 Å². The molecule has 1 aromatic carbocycles. The third-order valence-corrected chi connectivity index (χ3v) is 8.36. The smallest absolute Gasteiger partial charge is 0.220 e. The molecular weight excluding hydrogens is 431 g/mol. The van der Waals surface area contributed by atoms with Gasteiger partial charge in [-0.25, -0.2) is 4.39 Å². The Bertz CT molecular complexity index is 792. The largest absolute Gasteiger partial charge is 0.384 e. The van der Waals surface area contributed by atoms with E-state index in [1.54, 1.807) is 19.2 Å². The monoisotopic (exact) mass is 472 g/mol. The number of amides is 1. The average Bonchev–Trinajstić information content (AvgIpc) is 2.83. The number of ether oxygens (including phenoxy) is 1. The highest BCUT2D eigenvalue weighted by Gasteiger charge is 2.32. The summed E-state index contributed by atoms with van der Waals surface area (Å²) < 4.78 is 18.3. The van der Waals surface area contributed by atoms with Gasteiger partial charge in [-0.3, -0.25) is 9.59 Å². The molecule has 3 fully saturated rings. The average molecular weight is 473 g/mol. The highest BCUT2D eigenvalue weighted by atomic mass is 19.1. The van der Waals surface area contributed by atoms with Crippen LogP contribution in [0.2, 0.25) is 0 Å². The van der Waals surface area contributed by atoms with Gasteiger partial charge in [-0.2, -0.15) is 0 Å². The van der Waals surface area contributed by atoms with Gasteiger partial charge in [0.15, 0.2) is 5.78 Å². The number of likely N-dealkylation sites (tertiary alicyclic amines) is 1. The van der Waals surface area contributed by atoms with Crippen LogP contribution in [0.5, 0.6) is 0 Å². The number of nitrogens with zero attached hydrogens (tertiary/aromatic N) is 1. The van der Waals surface area contributed by atoms with Crippen molar-refractivity contribution >= 4 is 11.7 Å². The van der Waals surface area contributed by atoms with Crippen LogP contribution in [0.25, 0.3) is 0 Å². The van der Waals surface area contributed by atoms with Crippen molar-refractivity contribution in [3.05, 3.63) is 35.6 Å². The fourth-order valence-corrected chi connectivity index (χ4v) is 6.19. The normalized spacial score (nSPS) is 28.3. The second kappa shape index (κ2) is 12.3. The predicted molar refractivity (Wildman–Crippen MR) is 131 cm³/mol. The number of halogens is 1. The van der Waals surface area contributed by atoms with Crippen molar-refractivity contribution in [1.82, 2.24) is 10.2 Å². The Morgan fingerprint density at radius 1 is 0.971 bits per heavy atom. The van der Waals surface area contributed by atoms with Crippen molar-refractivity contribution in [2.75, 3.05) is 33.4 Å². The number of carbonyl (C=O) groups is 2. The summed E-state index contributed by atoms with van der Waals surface area (Å²) in [6.07, 6.45) is 10.5. The maximum absolute atomic E-state index is 13.1. The van der Waals surface area contributed by atoms with Crippen LogP contribution >= 0.6 is 0 Å². The minimum atomic E-state index is -0.298. The molecule has 1 N–H and O–H groups in total. The van der Waals surface area contributed by atoms with Crippen LogP contribution in [-0.4, -0.2) is 56.0 Å². The van der Waals surface area contributed by atoms with E-state index in [-0.39, 0.29) is 23.4 Å². The molecule has 2 aliphatic carbocycles. The zero-order chi connectivity index (χ0) is 23.9. The molecule has 0 atom stereocenters. The summed E-state index contributed by atoms with van der Waals surface area (Å²) in [5.74, 6) is 2.10. The summed E-state index contributed by atoms with van der Waals surface area (Å²) in [7, 11) is 1.75. The summed E-state index contributed by atoms with van der Waals surface area (Å²) >= 11 is 0. The molecule has 0 bridgehead atoms. The van der Waals surface area contributed by atoms with Crippen molar-refractivity contribution in [2.24, 2.45) is 23.7 Å². The van der Waals surface area contributed by atoms with E-state index >= 15 is 0 Å². The molecule has 3 aliphatic rings. The lowest BCUT2D eigenvalue weighted by atomic mass is 9.73. The molecule has 1 aliphatic heterocycles. The van der Waals surface area contributed by atoms with E-state index in [4.69, 9.17) is 4.74 Å². The van der Waals surface area contributed by atoms with Crippen LogP contribution in [0.15, 0.2) is 24.3 Å². The first-order valence-electron chi connectivity index (χ1n) is 13.3. The number of methoxy groups -OCH3 is 1. The molecular formula is C28H41FN2O3. The van der Waals surface area contributed by atoms with Crippen LogP contribution in [0.4, 0.5) is 4.39 Å². The van der Waals surface area contributed by atoms with Crippen LogP contribution in [-0.2, 0) is 9.53 Å². The van der Waals surface area contributed by atoms with Gasteiger partial charge in [0.05, 0.1) is 0 Å². The van der Waals surface area contributed by atoms with E-state index in [9.17, 15) is 14.0 Å². The third-order valence-electron chi connectivity index (χ3n) is 8.36. The standard InChI is InChI=1S/C28H41FN2O3/c1-34-19-22-16-21(17-22)18-27(32)30-26-8-2-20(3-9-26)10-13-31-14-11-24(12-15-31)28(33)23-4-6-25(29)7-5-23/h4-7,20-22,24,26H,2-3,8-19H2,1H3,(H,30,32). The summed E-state index contributed by atoms with van der Waals surface area (Å²) in [6, 6.07) is 6.31. The SMILES string of the molecule is COCC1CC(CC(=O)NC2CCC(CCN3CCC(C(=O)c4ccc(F)cc4)CC3)CC2)C1. The van der Waals surface area contributed by atoms with Crippen molar-refractivity contribution in [1.29, 1.82) is 0 Å². The number of piperidine rings is 1. The molecule has 34 heavy (non-hydrogen) atoms. The molecule has 0 radical (unpaired) electrons. The first kappa shape index (κ1) is 25.3. The molecule has 0 unspecified atom stereocenters. The molecule has 188 valence electrons. The Kier molecular flexibility index (Phi) is 9.12.